The van der Waals surface area contributed by atoms with E-state index in [9.17, 15) is 18.3 Å². The number of alkyl halides is 3. The van der Waals surface area contributed by atoms with Crippen molar-refractivity contribution in [1.82, 2.24) is 0 Å². The fourth-order valence-corrected chi connectivity index (χ4v) is 2.07. The number of halogens is 3. The van der Waals surface area contributed by atoms with Crippen LogP contribution in [0, 0.1) is 0 Å². The van der Waals surface area contributed by atoms with Gasteiger partial charge in [-0.1, -0.05) is 13.8 Å². The van der Waals surface area contributed by atoms with Crippen LogP contribution in [0.25, 0.3) is 0 Å². The first-order valence-corrected chi connectivity index (χ1v) is 6.65. The molecule has 1 rings (SSSR count). The van der Waals surface area contributed by atoms with Gasteiger partial charge in [0.05, 0.1) is 19.8 Å². The molecule has 1 N–H and O–H groups in total. The lowest BCUT2D eigenvalue weighted by atomic mass is 9.89. The molecule has 0 saturated heterocycles. The van der Waals surface area contributed by atoms with Gasteiger partial charge in [-0.3, -0.25) is 0 Å². The molecule has 0 aliphatic heterocycles. The number of methoxy groups -OCH3 is 2. The van der Waals surface area contributed by atoms with Crippen LogP contribution in [0.1, 0.15) is 44.2 Å². The van der Waals surface area contributed by atoms with Crippen LogP contribution in [0.5, 0.6) is 11.5 Å². The monoisotopic (exact) mass is 306 g/mol. The zero-order valence-electron chi connectivity index (χ0n) is 12.8. The van der Waals surface area contributed by atoms with E-state index in [1.807, 2.05) is 13.8 Å². The summed E-state index contributed by atoms with van der Waals surface area (Å²) in [5, 5.41) is 9.95. The second-order valence-electron chi connectivity index (χ2n) is 5.18. The molecule has 0 spiro atoms. The zero-order valence-corrected chi connectivity index (χ0v) is 12.8. The van der Waals surface area contributed by atoms with E-state index in [1.54, 1.807) is 0 Å². The van der Waals surface area contributed by atoms with Crippen molar-refractivity contribution in [3.8, 4) is 11.5 Å². The Balaban J connectivity index is 3.59. The Bertz CT molecular complexity index is 470. The maximum Gasteiger partial charge on any atom is 0.421 e. The summed E-state index contributed by atoms with van der Waals surface area (Å²) in [6.45, 7) is 4.62. The van der Waals surface area contributed by atoms with Gasteiger partial charge in [0.25, 0.3) is 0 Å². The second-order valence-corrected chi connectivity index (χ2v) is 5.18. The van der Waals surface area contributed by atoms with Crippen LogP contribution in [0.2, 0.25) is 0 Å². The van der Waals surface area contributed by atoms with E-state index in [0.717, 1.165) is 12.0 Å². The maximum absolute atomic E-state index is 13.1. The summed E-state index contributed by atoms with van der Waals surface area (Å²) >= 11 is 0. The van der Waals surface area contributed by atoms with Gasteiger partial charge in [0.1, 0.15) is 11.5 Å². The van der Waals surface area contributed by atoms with Gasteiger partial charge in [-0.15, -0.1) is 0 Å². The molecule has 0 amide bonds. The van der Waals surface area contributed by atoms with Crippen LogP contribution in [0.15, 0.2) is 12.1 Å². The van der Waals surface area contributed by atoms with Crippen molar-refractivity contribution in [3.05, 3.63) is 23.3 Å². The summed E-state index contributed by atoms with van der Waals surface area (Å²) in [4.78, 5) is 0. The predicted octanol–water partition coefficient (Wildman–Crippen LogP) is 3.99. The van der Waals surface area contributed by atoms with Crippen molar-refractivity contribution < 1.29 is 27.8 Å². The normalized spacial score (nSPS) is 16.2. The second kappa shape index (κ2) is 6.13. The van der Waals surface area contributed by atoms with Gasteiger partial charge in [-0.25, -0.2) is 0 Å². The molecule has 0 radical (unpaired) electrons. The molecule has 2 atom stereocenters. The highest BCUT2D eigenvalue weighted by molar-refractivity contribution is 5.52. The highest BCUT2D eigenvalue weighted by Gasteiger charge is 2.54. The van der Waals surface area contributed by atoms with Crippen LogP contribution in [-0.2, 0) is 5.60 Å². The van der Waals surface area contributed by atoms with Crippen molar-refractivity contribution in [2.45, 2.75) is 44.9 Å². The summed E-state index contributed by atoms with van der Waals surface area (Å²) in [6, 6.07) is 3.04. The summed E-state index contributed by atoms with van der Waals surface area (Å²) in [6.07, 6.45) is -4.02. The molecule has 3 nitrogen and oxygen atoms in total. The molecular weight excluding hydrogens is 285 g/mol. The molecule has 6 heteroatoms. The van der Waals surface area contributed by atoms with E-state index in [2.05, 4.69) is 0 Å². The highest BCUT2D eigenvalue weighted by atomic mass is 19.4. The largest absolute Gasteiger partial charge is 0.496 e. The minimum atomic E-state index is -4.84. The molecule has 21 heavy (non-hydrogen) atoms. The summed E-state index contributed by atoms with van der Waals surface area (Å²) in [5.74, 6) is 0.0663. The lowest BCUT2D eigenvalue weighted by molar-refractivity contribution is -0.259. The summed E-state index contributed by atoms with van der Waals surface area (Å²) in [5.41, 5.74) is -2.67. The van der Waals surface area contributed by atoms with E-state index in [-0.39, 0.29) is 17.4 Å². The molecule has 1 aromatic rings. The van der Waals surface area contributed by atoms with Gasteiger partial charge in [0.2, 0.25) is 0 Å². The molecule has 0 heterocycles. The first-order chi connectivity index (χ1) is 9.60. The number of hydrogen-bond donors (Lipinski definition) is 1. The van der Waals surface area contributed by atoms with Crippen LogP contribution < -0.4 is 9.47 Å². The number of aliphatic hydroxyl groups is 1. The molecule has 120 valence electrons. The molecule has 0 aliphatic rings. The lowest BCUT2D eigenvalue weighted by Gasteiger charge is -2.30. The van der Waals surface area contributed by atoms with Crippen molar-refractivity contribution in [3.63, 3.8) is 0 Å². The highest BCUT2D eigenvalue weighted by Crippen LogP contribution is 2.47. The SMILES string of the molecule is CCC(C)c1cc(OC)c(C(C)(O)C(F)(F)F)c(OC)c1. The first kappa shape index (κ1) is 17.6. The van der Waals surface area contributed by atoms with E-state index < -0.39 is 17.3 Å². The molecule has 0 aromatic heterocycles. The van der Waals surface area contributed by atoms with Gasteiger partial charge in [-0.2, -0.15) is 13.2 Å². The Morgan fingerprint density at radius 2 is 1.57 bits per heavy atom. The van der Waals surface area contributed by atoms with Crippen LogP contribution in [0.3, 0.4) is 0 Å². The Kier molecular flexibility index (Phi) is 5.15. The molecule has 2 unspecified atom stereocenters. The summed E-state index contributed by atoms with van der Waals surface area (Å²) in [7, 11) is 2.54. The van der Waals surface area contributed by atoms with Crippen molar-refractivity contribution in [2.75, 3.05) is 14.2 Å². The van der Waals surface area contributed by atoms with Gasteiger partial charge in [0, 0.05) is 0 Å². The number of benzene rings is 1. The lowest BCUT2D eigenvalue weighted by Crippen LogP contribution is -2.39. The zero-order chi connectivity index (χ0) is 16.4. The van der Waals surface area contributed by atoms with Gasteiger partial charge in [0.15, 0.2) is 5.60 Å². The van der Waals surface area contributed by atoms with Crippen molar-refractivity contribution in [2.24, 2.45) is 0 Å². The Morgan fingerprint density at radius 3 is 1.86 bits per heavy atom. The smallest absolute Gasteiger partial charge is 0.421 e. The topological polar surface area (TPSA) is 38.7 Å². The van der Waals surface area contributed by atoms with Gasteiger partial charge in [-0.05, 0) is 37.0 Å². The summed E-state index contributed by atoms with van der Waals surface area (Å²) < 4.78 is 49.5. The minimum Gasteiger partial charge on any atom is -0.496 e. The Hall–Kier alpha value is -1.43. The molecular formula is C15H21F3O3. The van der Waals surface area contributed by atoms with E-state index in [1.165, 1.54) is 26.4 Å². The van der Waals surface area contributed by atoms with Crippen LogP contribution in [0.4, 0.5) is 13.2 Å². The Morgan fingerprint density at radius 1 is 1.14 bits per heavy atom. The fourth-order valence-electron chi connectivity index (χ4n) is 2.07. The third-order valence-corrected chi connectivity index (χ3v) is 3.75. The maximum atomic E-state index is 13.1. The van der Waals surface area contributed by atoms with E-state index in [0.29, 0.717) is 6.92 Å². The molecule has 0 saturated carbocycles. The molecule has 1 aromatic carbocycles. The first-order valence-electron chi connectivity index (χ1n) is 6.65. The fraction of sp³-hybridized carbons (Fsp3) is 0.600. The van der Waals surface area contributed by atoms with Gasteiger partial charge >= 0.3 is 6.18 Å². The molecule has 0 fully saturated rings. The average molecular weight is 306 g/mol. The number of ether oxygens (including phenoxy) is 2. The quantitative estimate of drug-likeness (QED) is 0.894. The predicted molar refractivity (Wildman–Crippen MR) is 73.9 cm³/mol. The van der Waals surface area contributed by atoms with Crippen LogP contribution >= 0.6 is 0 Å². The third-order valence-electron chi connectivity index (χ3n) is 3.75. The third kappa shape index (κ3) is 3.26. The number of rotatable bonds is 5. The van der Waals surface area contributed by atoms with E-state index >= 15 is 0 Å². The van der Waals surface area contributed by atoms with Crippen LogP contribution in [-0.4, -0.2) is 25.5 Å². The standard InChI is InChI=1S/C15H21F3O3/c1-6-9(2)10-7-11(20-4)13(12(8-10)21-5)14(3,19)15(16,17)18/h7-9,19H,6H2,1-5H3. The number of hydrogen-bond acceptors (Lipinski definition) is 3. The van der Waals surface area contributed by atoms with Crippen molar-refractivity contribution >= 4 is 0 Å². The minimum absolute atomic E-state index is 0.0352. The van der Waals surface area contributed by atoms with Crippen molar-refractivity contribution in [1.29, 1.82) is 0 Å². The average Bonchev–Trinajstić information content (AvgIpc) is 2.43. The molecule has 0 bridgehead atoms. The van der Waals surface area contributed by atoms with Gasteiger partial charge < -0.3 is 14.6 Å². The van der Waals surface area contributed by atoms with E-state index in [4.69, 9.17) is 9.47 Å². The molecule has 0 aliphatic carbocycles. The Labute approximate surface area is 122 Å².